The van der Waals surface area contributed by atoms with Crippen molar-refractivity contribution in [2.75, 3.05) is 6.61 Å². The summed E-state index contributed by atoms with van der Waals surface area (Å²) in [6, 6.07) is 15.1. The number of rotatable bonds is 4. The Labute approximate surface area is 154 Å². The summed E-state index contributed by atoms with van der Waals surface area (Å²) in [5.74, 6) is -0.928. The third-order valence-corrected chi connectivity index (χ3v) is 5.48. The highest BCUT2D eigenvalue weighted by Crippen LogP contribution is 2.45. The van der Waals surface area contributed by atoms with Crippen LogP contribution in [0.25, 0.3) is 0 Å². The third-order valence-electron chi connectivity index (χ3n) is 5.48. The Hall–Kier alpha value is -1.72. The highest BCUT2D eigenvalue weighted by Gasteiger charge is 2.48. The topological polar surface area (TPSA) is 58.9 Å². The number of fused-ring (bicyclic) bond motifs is 2. The van der Waals surface area contributed by atoms with Gasteiger partial charge in [0, 0.05) is 18.4 Å². The van der Waals surface area contributed by atoms with E-state index in [0.717, 1.165) is 24.0 Å². The van der Waals surface area contributed by atoms with Crippen LogP contribution < -0.4 is 0 Å². The molecule has 1 fully saturated rings. The van der Waals surface area contributed by atoms with Crippen LogP contribution in [-0.4, -0.2) is 29.0 Å². The second kappa shape index (κ2) is 7.12. The Morgan fingerprint density at radius 3 is 2.54 bits per heavy atom. The van der Waals surface area contributed by atoms with Crippen molar-refractivity contribution in [1.29, 1.82) is 0 Å². The van der Waals surface area contributed by atoms with E-state index in [9.17, 15) is 10.2 Å². The first-order chi connectivity index (χ1) is 12.6. The minimum Gasteiger partial charge on any atom is -0.394 e. The van der Waals surface area contributed by atoms with E-state index in [1.807, 2.05) is 0 Å². The smallest absolute Gasteiger partial charge is 0.198 e. The molecule has 2 N–H and O–H groups in total. The first kappa shape index (κ1) is 17.7. The van der Waals surface area contributed by atoms with Gasteiger partial charge in [-0.05, 0) is 41.2 Å². The fraction of sp³-hybridized carbons (Fsp3) is 0.455. The maximum atomic E-state index is 10.2. The molecule has 4 nitrogen and oxygen atoms in total. The Balaban J connectivity index is 1.61. The molecule has 2 aliphatic heterocycles. The number of aryl methyl sites for hydroxylation is 1. The highest BCUT2D eigenvalue weighted by atomic mass is 16.7. The van der Waals surface area contributed by atoms with Crippen molar-refractivity contribution in [2.24, 2.45) is 0 Å². The van der Waals surface area contributed by atoms with Gasteiger partial charge in [-0.15, -0.1) is 0 Å². The molecule has 0 bridgehead atoms. The van der Waals surface area contributed by atoms with Gasteiger partial charge in [-0.2, -0.15) is 0 Å². The van der Waals surface area contributed by atoms with Crippen LogP contribution in [0.5, 0.6) is 0 Å². The normalized spacial score (nSPS) is 27.7. The predicted octanol–water partition coefficient (Wildman–Crippen LogP) is 3.06. The van der Waals surface area contributed by atoms with Crippen LogP contribution in [0.3, 0.4) is 0 Å². The van der Waals surface area contributed by atoms with E-state index in [1.54, 1.807) is 0 Å². The maximum absolute atomic E-state index is 10.2. The average molecular weight is 354 g/mol. The number of aliphatic hydroxyl groups excluding tert-OH is 2. The zero-order chi connectivity index (χ0) is 18.1. The Morgan fingerprint density at radius 2 is 1.81 bits per heavy atom. The van der Waals surface area contributed by atoms with Gasteiger partial charge >= 0.3 is 0 Å². The van der Waals surface area contributed by atoms with Gasteiger partial charge in [-0.25, -0.2) is 0 Å². The standard InChI is InChI=1S/C22H26O4/c1-2-15-3-5-16(6-4-15)9-17-7-8-18-14-25-22(21(18)10-17)12-19(24)11-20(13-23)26-22/h3-8,10,19-20,23-24H,2,9,11-14H2,1H3/t19-,20-,22+/m0/s1. The van der Waals surface area contributed by atoms with Crippen LogP contribution in [-0.2, 0) is 34.7 Å². The molecule has 1 spiro atoms. The lowest BCUT2D eigenvalue weighted by molar-refractivity contribution is -0.302. The number of hydrogen-bond donors (Lipinski definition) is 2. The minimum absolute atomic E-state index is 0.110. The molecule has 3 atom stereocenters. The van der Waals surface area contributed by atoms with Crippen LogP contribution in [0.15, 0.2) is 42.5 Å². The Kier molecular flexibility index (Phi) is 4.84. The molecule has 2 aromatic rings. The van der Waals surface area contributed by atoms with Crippen molar-refractivity contribution in [3.05, 3.63) is 70.3 Å². The lowest BCUT2D eigenvalue weighted by Crippen LogP contribution is -2.45. The summed E-state index contributed by atoms with van der Waals surface area (Å²) < 4.78 is 12.1. The molecular weight excluding hydrogens is 328 g/mol. The van der Waals surface area contributed by atoms with Crippen LogP contribution >= 0.6 is 0 Å². The average Bonchev–Trinajstić information content (AvgIpc) is 2.99. The molecule has 26 heavy (non-hydrogen) atoms. The van der Waals surface area contributed by atoms with E-state index >= 15 is 0 Å². The van der Waals surface area contributed by atoms with Gasteiger partial charge in [-0.1, -0.05) is 43.3 Å². The zero-order valence-electron chi connectivity index (χ0n) is 15.1. The highest BCUT2D eigenvalue weighted by molar-refractivity contribution is 5.40. The molecule has 0 radical (unpaired) electrons. The van der Waals surface area contributed by atoms with Gasteiger partial charge in [0.25, 0.3) is 0 Å². The van der Waals surface area contributed by atoms with Gasteiger partial charge in [0.2, 0.25) is 0 Å². The molecular formula is C22H26O4. The largest absolute Gasteiger partial charge is 0.394 e. The molecule has 2 heterocycles. The van der Waals surface area contributed by atoms with Crippen molar-refractivity contribution >= 4 is 0 Å². The summed E-state index contributed by atoms with van der Waals surface area (Å²) in [5.41, 5.74) is 5.91. The van der Waals surface area contributed by atoms with E-state index in [0.29, 0.717) is 19.4 Å². The van der Waals surface area contributed by atoms with Crippen molar-refractivity contribution in [1.82, 2.24) is 0 Å². The monoisotopic (exact) mass is 354 g/mol. The Morgan fingerprint density at radius 1 is 1.08 bits per heavy atom. The van der Waals surface area contributed by atoms with Gasteiger partial charge in [-0.3, -0.25) is 0 Å². The molecule has 0 amide bonds. The summed E-state index contributed by atoms with van der Waals surface area (Å²) in [7, 11) is 0. The first-order valence-corrected chi connectivity index (χ1v) is 9.42. The van der Waals surface area contributed by atoms with E-state index in [-0.39, 0.29) is 6.61 Å². The summed E-state index contributed by atoms with van der Waals surface area (Å²) in [5, 5.41) is 19.7. The number of hydrogen-bond acceptors (Lipinski definition) is 4. The summed E-state index contributed by atoms with van der Waals surface area (Å²) >= 11 is 0. The van der Waals surface area contributed by atoms with Gasteiger partial charge in [0.15, 0.2) is 5.79 Å². The van der Waals surface area contributed by atoms with Crippen molar-refractivity contribution in [2.45, 2.75) is 57.2 Å². The van der Waals surface area contributed by atoms with Crippen molar-refractivity contribution in [3.8, 4) is 0 Å². The molecule has 2 aliphatic rings. The summed E-state index contributed by atoms with van der Waals surface area (Å²) in [6.07, 6.45) is 1.82. The molecule has 0 aromatic heterocycles. The number of benzene rings is 2. The Bertz CT molecular complexity index is 770. The van der Waals surface area contributed by atoms with Crippen LogP contribution in [0.4, 0.5) is 0 Å². The zero-order valence-corrected chi connectivity index (χ0v) is 15.1. The molecule has 4 rings (SSSR count). The van der Waals surface area contributed by atoms with Crippen LogP contribution in [0.1, 0.15) is 47.6 Å². The SMILES string of the molecule is CCc1ccc(Cc2ccc3c(c2)[C@]2(C[C@@H](O)C[C@@H](CO)O2)OC3)cc1. The fourth-order valence-corrected chi connectivity index (χ4v) is 4.06. The van der Waals surface area contributed by atoms with Crippen molar-refractivity contribution < 1.29 is 19.7 Å². The quantitative estimate of drug-likeness (QED) is 0.886. The van der Waals surface area contributed by atoms with Gasteiger partial charge in [0.1, 0.15) is 0 Å². The second-order valence-electron chi connectivity index (χ2n) is 7.40. The van der Waals surface area contributed by atoms with Gasteiger partial charge in [0.05, 0.1) is 25.4 Å². The van der Waals surface area contributed by atoms with E-state index in [2.05, 4.69) is 49.4 Å². The number of ether oxygens (including phenoxy) is 2. The second-order valence-corrected chi connectivity index (χ2v) is 7.40. The van der Waals surface area contributed by atoms with Crippen molar-refractivity contribution in [3.63, 3.8) is 0 Å². The summed E-state index contributed by atoms with van der Waals surface area (Å²) in [6.45, 7) is 2.53. The first-order valence-electron chi connectivity index (χ1n) is 9.42. The molecule has 0 aliphatic carbocycles. The fourth-order valence-electron chi connectivity index (χ4n) is 4.06. The molecule has 138 valence electrons. The molecule has 2 aromatic carbocycles. The number of aliphatic hydroxyl groups is 2. The molecule has 0 unspecified atom stereocenters. The maximum Gasteiger partial charge on any atom is 0.198 e. The predicted molar refractivity (Wildman–Crippen MR) is 98.7 cm³/mol. The molecule has 1 saturated heterocycles. The van der Waals surface area contributed by atoms with Gasteiger partial charge < -0.3 is 19.7 Å². The molecule has 4 heteroatoms. The van der Waals surface area contributed by atoms with E-state index in [4.69, 9.17) is 9.47 Å². The van der Waals surface area contributed by atoms with E-state index < -0.39 is 18.0 Å². The summed E-state index contributed by atoms with van der Waals surface area (Å²) in [4.78, 5) is 0. The lowest BCUT2D eigenvalue weighted by atomic mass is 9.90. The minimum atomic E-state index is -0.928. The van der Waals surface area contributed by atoms with E-state index in [1.165, 1.54) is 16.7 Å². The molecule has 0 saturated carbocycles. The van der Waals surface area contributed by atoms with Crippen LogP contribution in [0, 0.1) is 0 Å². The van der Waals surface area contributed by atoms with Crippen LogP contribution in [0.2, 0.25) is 0 Å². The third kappa shape index (κ3) is 3.30. The lowest BCUT2D eigenvalue weighted by Gasteiger charge is -2.40.